The summed E-state index contributed by atoms with van der Waals surface area (Å²) < 4.78 is -0.766. The minimum Gasteiger partial charge on any atom is -0.508 e. The van der Waals surface area contributed by atoms with Crippen molar-refractivity contribution < 1.29 is 34.2 Å². The maximum absolute atomic E-state index is 13.1. The van der Waals surface area contributed by atoms with E-state index in [-0.39, 0.29) is 11.3 Å². The molecule has 2 saturated heterocycles. The van der Waals surface area contributed by atoms with Gasteiger partial charge in [0.1, 0.15) is 29.2 Å². The molecule has 0 bridgehead atoms. The highest BCUT2D eigenvalue weighted by Crippen LogP contribution is 2.50. The van der Waals surface area contributed by atoms with Gasteiger partial charge in [-0.25, -0.2) is 4.79 Å². The Balaban J connectivity index is 1.79. The number of carboxylic acids is 1. The molecule has 5 atom stereocenters. The van der Waals surface area contributed by atoms with Crippen LogP contribution in [0, 0.1) is 0 Å². The van der Waals surface area contributed by atoms with E-state index < -0.39 is 70.3 Å². The molecule has 0 aromatic heterocycles. The summed E-state index contributed by atoms with van der Waals surface area (Å²) in [6.45, 7) is 3.42. The molecular weight excluding hydrogens is 454 g/mol. The van der Waals surface area contributed by atoms with Crippen LogP contribution in [-0.2, 0) is 24.0 Å². The van der Waals surface area contributed by atoms with E-state index in [1.54, 1.807) is 13.8 Å². The lowest BCUT2D eigenvalue weighted by molar-refractivity contribution is -0.161. The van der Waals surface area contributed by atoms with E-state index in [1.807, 2.05) is 0 Å². The largest absolute Gasteiger partial charge is 0.508 e. The van der Waals surface area contributed by atoms with Gasteiger partial charge in [-0.2, -0.15) is 0 Å². The first kappa shape index (κ1) is 24.3. The summed E-state index contributed by atoms with van der Waals surface area (Å²) in [6, 6.07) is 0.827. The van der Waals surface area contributed by atoms with E-state index in [0.29, 0.717) is 0 Å². The topological polar surface area (TPSA) is 205 Å². The molecule has 2 fully saturated rings. The molecule has 178 valence electrons. The van der Waals surface area contributed by atoms with Crippen molar-refractivity contribution in [3.63, 3.8) is 0 Å². The van der Waals surface area contributed by atoms with Gasteiger partial charge in [-0.1, -0.05) is 12.1 Å². The Kier molecular flexibility index (Phi) is 6.56. The van der Waals surface area contributed by atoms with Crippen molar-refractivity contribution in [3.8, 4) is 5.75 Å². The summed E-state index contributed by atoms with van der Waals surface area (Å²) in [4.78, 5) is 62.2. The summed E-state index contributed by atoms with van der Waals surface area (Å²) >= 11 is 1.26. The molecule has 0 saturated carbocycles. The molecule has 8 N–H and O–H groups in total. The molecule has 4 amide bonds. The quantitative estimate of drug-likeness (QED) is 0.237. The first-order valence-corrected chi connectivity index (χ1v) is 10.9. The van der Waals surface area contributed by atoms with Crippen LogP contribution in [0.3, 0.4) is 0 Å². The number of aromatic hydroxyl groups is 1. The van der Waals surface area contributed by atoms with Crippen LogP contribution in [0.5, 0.6) is 5.75 Å². The summed E-state index contributed by atoms with van der Waals surface area (Å²) in [5.41, 5.74) is 11.0. The molecule has 2 heterocycles. The van der Waals surface area contributed by atoms with Gasteiger partial charge < -0.3 is 37.2 Å². The monoisotopic (exact) mass is 479 g/mol. The first-order valence-electron chi connectivity index (χ1n) is 10.00. The fourth-order valence-electron chi connectivity index (χ4n) is 3.91. The zero-order valence-electron chi connectivity index (χ0n) is 17.8. The number of amides is 4. The maximum atomic E-state index is 13.1. The fourth-order valence-corrected chi connectivity index (χ4v) is 5.53. The number of fused-ring (bicyclic) bond motifs is 1. The average molecular weight is 480 g/mol. The van der Waals surface area contributed by atoms with E-state index >= 15 is 0 Å². The van der Waals surface area contributed by atoms with Crippen LogP contribution in [0.4, 0.5) is 0 Å². The third kappa shape index (κ3) is 4.73. The number of phenolic OH excluding ortho intramolecular Hbond substituents is 1. The molecule has 2 aliphatic heterocycles. The number of rotatable bonds is 8. The Bertz CT molecular complexity index is 999. The number of carbonyl (C=O) groups is 5. The second-order valence-corrected chi connectivity index (χ2v) is 10.2. The molecule has 2 aliphatic rings. The van der Waals surface area contributed by atoms with Crippen molar-refractivity contribution in [2.45, 2.75) is 54.6 Å². The van der Waals surface area contributed by atoms with Gasteiger partial charge >= 0.3 is 5.97 Å². The summed E-state index contributed by atoms with van der Waals surface area (Å²) in [5, 5.41) is 23.5. The number of primary amides is 1. The van der Waals surface area contributed by atoms with E-state index in [0.717, 1.165) is 0 Å². The van der Waals surface area contributed by atoms with Gasteiger partial charge in [-0.3, -0.25) is 19.2 Å². The number of nitrogens with zero attached hydrogens (tertiary/aromatic N) is 1. The number of nitrogens with one attached hydrogen (secondary N) is 2. The summed E-state index contributed by atoms with van der Waals surface area (Å²) in [6.07, 6.45) is -0.434. The third-order valence-electron chi connectivity index (χ3n) is 5.51. The number of nitrogens with two attached hydrogens (primary N) is 2. The molecule has 3 rings (SSSR count). The Morgan fingerprint density at radius 2 is 1.79 bits per heavy atom. The van der Waals surface area contributed by atoms with Crippen molar-refractivity contribution in [2.75, 3.05) is 0 Å². The van der Waals surface area contributed by atoms with Crippen molar-refractivity contribution in [1.82, 2.24) is 15.5 Å². The Morgan fingerprint density at radius 1 is 1.18 bits per heavy atom. The SMILES string of the molecule is CC1(C)S[C@@H]2[C@H](NC(=O)C(NC(=O)C(N)CC(N)=O)c3ccc(O)cc3)C(=O)N2[C@H]1C(=O)O. The minimum absolute atomic E-state index is 0.0659. The zero-order valence-corrected chi connectivity index (χ0v) is 18.7. The van der Waals surface area contributed by atoms with Gasteiger partial charge in [-0.05, 0) is 31.5 Å². The van der Waals surface area contributed by atoms with Gasteiger partial charge in [0.2, 0.25) is 23.6 Å². The zero-order chi connectivity index (χ0) is 24.7. The van der Waals surface area contributed by atoms with Crippen LogP contribution in [0.2, 0.25) is 0 Å². The second-order valence-electron chi connectivity index (χ2n) is 8.39. The number of hydrogen-bond donors (Lipinski definition) is 6. The van der Waals surface area contributed by atoms with E-state index in [9.17, 15) is 34.2 Å². The highest BCUT2D eigenvalue weighted by molar-refractivity contribution is 8.01. The van der Waals surface area contributed by atoms with Gasteiger partial charge in [-0.15, -0.1) is 11.8 Å². The van der Waals surface area contributed by atoms with E-state index in [1.165, 1.54) is 40.9 Å². The highest BCUT2D eigenvalue weighted by atomic mass is 32.2. The fraction of sp³-hybridized carbons (Fsp3) is 0.450. The number of thioether (sulfide) groups is 1. The Hall–Kier alpha value is -3.32. The summed E-state index contributed by atoms with van der Waals surface area (Å²) in [7, 11) is 0. The molecule has 0 aliphatic carbocycles. The highest BCUT2D eigenvalue weighted by Gasteiger charge is 2.64. The van der Waals surface area contributed by atoms with E-state index in [2.05, 4.69) is 10.6 Å². The second kappa shape index (κ2) is 8.90. The van der Waals surface area contributed by atoms with E-state index in [4.69, 9.17) is 11.5 Å². The van der Waals surface area contributed by atoms with Crippen LogP contribution < -0.4 is 22.1 Å². The van der Waals surface area contributed by atoms with Crippen LogP contribution in [0.1, 0.15) is 31.9 Å². The van der Waals surface area contributed by atoms with Gasteiger partial charge in [0.15, 0.2) is 0 Å². The molecule has 1 aromatic carbocycles. The molecule has 13 heteroatoms. The number of benzene rings is 1. The molecule has 33 heavy (non-hydrogen) atoms. The van der Waals surface area contributed by atoms with Crippen molar-refractivity contribution in [3.05, 3.63) is 29.8 Å². The first-order chi connectivity index (χ1) is 15.3. The molecule has 0 radical (unpaired) electrons. The van der Waals surface area contributed by atoms with Crippen molar-refractivity contribution >= 4 is 41.4 Å². The Labute approximate surface area is 193 Å². The minimum atomic E-state index is -1.30. The number of hydrogen-bond acceptors (Lipinski definition) is 8. The van der Waals surface area contributed by atoms with Crippen molar-refractivity contribution in [2.24, 2.45) is 11.5 Å². The van der Waals surface area contributed by atoms with Crippen molar-refractivity contribution in [1.29, 1.82) is 0 Å². The lowest BCUT2D eigenvalue weighted by atomic mass is 9.95. The lowest BCUT2D eigenvalue weighted by Gasteiger charge is -2.44. The molecule has 0 spiro atoms. The third-order valence-corrected chi connectivity index (χ3v) is 7.08. The Morgan fingerprint density at radius 3 is 2.33 bits per heavy atom. The molecule has 2 unspecified atom stereocenters. The maximum Gasteiger partial charge on any atom is 0.327 e. The smallest absolute Gasteiger partial charge is 0.327 e. The number of carboxylic acid groups (broad SMARTS) is 1. The molecule has 12 nitrogen and oxygen atoms in total. The predicted octanol–water partition coefficient (Wildman–Crippen LogP) is -1.62. The van der Waals surface area contributed by atoms with Gasteiger partial charge in [0.25, 0.3) is 0 Å². The lowest BCUT2D eigenvalue weighted by Crippen LogP contribution is -2.71. The normalized spacial score (nSPS) is 24.8. The number of carbonyl (C=O) groups excluding carboxylic acids is 4. The number of β-lactam (4-membered cyclic amide) rings is 1. The standard InChI is InChI=1S/C20H25N5O7S/c1-20(2)14(19(31)32)25-17(30)13(18(25)33-20)24-16(29)12(8-3-5-9(26)6-4-8)23-15(28)10(21)7-11(22)27/h3-6,10,12-14,18,26H,7,21H2,1-2H3,(H2,22,27)(H,23,28)(H,24,29)(H,31,32)/t10?,12?,13-,14+,18-/m1/s1. The number of aliphatic carboxylic acids is 1. The predicted molar refractivity (Wildman–Crippen MR) is 116 cm³/mol. The molecule has 1 aromatic rings. The van der Waals surface area contributed by atoms with Gasteiger partial charge in [0.05, 0.1) is 12.5 Å². The van der Waals surface area contributed by atoms with Crippen LogP contribution in [-0.4, -0.2) is 73.0 Å². The number of phenols is 1. The van der Waals surface area contributed by atoms with Gasteiger partial charge in [0, 0.05) is 4.75 Å². The summed E-state index contributed by atoms with van der Waals surface area (Å²) in [5.74, 6) is -4.09. The molecular formula is C20H25N5O7S. The van der Waals surface area contributed by atoms with Crippen LogP contribution >= 0.6 is 11.8 Å². The average Bonchev–Trinajstić information content (AvgIpc) is 2.98. The van der Waals surface area contributed by atoms with Crippen LogP contribution in [0.15, 0.2) is 24.3 Å². The van der Waals surface area contributed by atoms with Crippen LogP contribution in [0.25, 0.3) is 0 Å².